The van der Waals surface area contributed by atoms with E-state index in [1.165, 1.54) is 18.7 Å². The molecule has 0 fully saturated rings. The molecule has 0 bridgehead atoms. The summed E-state index contributed by atoms with van der Waals surface area (Å²) >= 11 is 0. The van der Waals surface area contributed by atoms with Crippen LogP contribution < -0.4 is 5.73 Å². The largest absolute Gasteiger partial charge is 0.448 e. The van der Waals surface area contributed by atoms with Crippen LogP contribution in [0.3, 0.4) is 0 Å². The van der Waals surface area contributed by atoms with Crippen LogP contribution in [-0.2, 0) is 0 Å². The lowest BCUT2D eigenvalue weighted by atomic mass is 10.1. The molecule has 0 saturated heterocycles. The lowest BCUT2D eigenvalue weighted by Crippen LogP contribution is -1.86. The van der Waals surface area contributed by atoms with Crippen LogP contribution >= 0.6 is 0 Å². The first-order valence-electron chi connectivity index (χ1n) is 3.55. The molecule has 2 heterocycles. The van der Waals surface area contributed by atoms with Crippen molar-refractivity contribution < 1.29 is 13.7 Å². The van der Waals surface area contributed by atoms with E-state index in [1.54, 1.807) is 0 Å². The Labute approximate surface area is 73.1 Å². The number of nitrogens with zero attached hydrogens (tertiary/aromatic N) is 1. The molecule has 0 unspecified atom stereocenters. The van der Waals surface area contributed by atoms with Gasteiger partial charge in [0.2, 0.25) is 0 Å². The van der Waals surface area contributed by atoms with Gasteiger partial charge in [0.1, 0.15) is 12.5 Å². The van der Waals surface area contributed by atoms with Gasteiger partial charge < -0.3 is 14.7 Å². The van der Waals surface area contributed by atoms with E-state index in [9.17, 15) is 4.79 Å². The second-order valence-corrected chi connectivity index (χ2v) is 2.46. The highest BCUT2D eigenvalue weighted by Crippen LogP contribution is 2.29. The molecule has 0 amide bonds. The number of hydrogen-bond acceptors (Lipinski definition) is 5. The lowest BCUT2D eigenvalue weighted by Gasteiger charge is -1.91. The Morgan fingerprint density at radius 3 is 2.92 bits per heavy atom. The number of nitrogens with two attached hydrogens (primary N) is 1. The van der Waals surface area contributed by atoms with Gasteiger partial charge in [-0.2, -0.15) is 0 Å². The Hall–Kier alpha value is -2.04. The zero-order valence-corrected chi connectivity index (χ0v) is 6.56. The van der Waals surface area contributed by atoms with Gasteiger partial charge in [-0.25, -0.2) is 0 Å². The minimum absolute atomic E-state index is 0.185. The molecule has 0 aliphatic heterocycles. The van der Waals surface area contributed by atoms with Crippen molar-refractivity contribution >= 4 is 12.2 Å². The first-order chi connectivity index (χ1) is 6.33. The highest BCUT2D eigenvalue weighted by Gasteiger charge is 2.14. The predicted molar refractivity (Wildman–Crippen MR) is 44.0 cm³/mol. The molecule has 0 atom stereocenters. The summed E-state index contributed by atoms with van der Waals surface area (Å²) in [7, 11) is 0. The van der Waals surface area contributed by atoms with E-state index >= 15 is 0 Å². The van der Waals surface area contributed by atoms with E-state index < -0.39 is 0 Å². The molecule has 0 saturated carbocycles. The van der Waals surface area contributed by atoms with Crippen molar-refractivity contribution in [2.24, 2.45) is 0 Å². The van der Waals surface area contributed by atoms with Gasteiger partial charge >= 0.3 is 0 Å². The highest BCUT2D eigenvalue weighted by molar-refractivity contribution is 5.91. The normalized spacial score (nSPS) is 10.2. The average Bonchev–Trinajstić information content (AvgIpc) is 2.72. The molecule has 0 radical (unpaired) electrons. The Bertz CT molecular complexity index is 417. The smallest absolute Gasteiger partial charge is 0.198 e. The number of aromatic nitrogens is 1. The van der Waals surface area contributed by atoms with Gasteiger partial charge in [0, 0.05) is 5.56 Å². The molecule has 2 aromatic rings. The van der Waals surface area contributed by atoms with E-state index in [4.69, 9.17) is 10.2 Å². The molecule has 5 nitrogen and oxygen atoms in total. The average molecular weight is 178 g/mol. The third-order valence-corrected chi connectivity index (χ3v) is 1.70. The summed E-state index contributed by atoms with van der Waals surface area (Å²) in [5.74, 6) is 0.185. The van der Waals surface area contributed by atoms with Crippen molar-refractivity contribution in [2.75, 3.05) is 5.73 Å². The topological polar surface area (TPSA) is 82.3 Å². The Kier molecular flexibility index (Phi) is 1.63. The second kappa shape index (κ2) is 2.78. The molecule has 0 spiro atoms. The van der Waals surface area contributed by atoms with Gasteiger partial charge in [0.25, 0.3) is 0 Å². The fraction of sp³-hybridized carbons (Fsp3) is 0. The van der Waals surface area contributed by atoms with E-state index in [1.807, 2.05) is 0 Å². The zero-order chi connectivity index (χ0) is 9.26. The van der Waals surface area contributed by atoms with E-state index in [0.717, 1.165) is 0 Å². The summed E-state index contributed by atoms with van der Waals surface area (Å²) in [6.45, 7) is 0. The zero-order valence-electron chi connectivity index (χ0n) is 6.56. The second-order valence-electron chi connectivity index (χ2n) is 2.46. The number of carbonyl (C=O) groups is 1. The number of furan rings is 1. The summed E-state index contributed by atoms with van der Waals surface area (Å²) < 4.78 is 9.52. The van der Waals surface area contributed by atoms with Gasteiger partial charge in [-0.05, 0) is 0 Å². The molecular weight excluding hydrogens is 172 g/mol. The summed E-state index contributed by atoms with van der Waals surface area (Å²) in [4.78, 5) is 10.6. The maximum Gasteiger partial charge on any atom is 0.198 e. The number of rotatable bonds is 2. The van der Waals surface area contributed by atoms with Crippen LogP contribution in [0.25, 0.3) is 11.1 Å². The van der Waals surface area contributed by atoms with Crippen molar-refractivity contribution in [3.8, 4) is 11.1 Å². The molecule has 0 aliphatic rings. The van der Waals surface area contributed by atoms with Gasteiger partial charge in [-0.3, -0.25) is 4.79 Å². The molecule has 2 N–H and O–H groups in total. The first kappa shape index (κ1) is 7.60. The third kappa shape index (κ3) is 1.10. The van der Waals surface area contributed by atoms with Crippen molar-refractivity contribution in [1.29, 1.82) is 0 Å². The highest BCUT2D eigenvalue weighted by atomic mass is 16.5. The predicted octanol–water partition coefficient (Wildman–Crippen LogP) is 1.33. The number of carbonyl (C=O) groups excluding carboxylic acids is 1. The minimum atomic E-state index is 0.185. The minimum Gasteiger partial charge on any atom is -0.448 e. The van der Waals surface area contributed by atoms with Gasteiger partial charge in [-0.1, -0.05) is 5.16 Å². The maximum absolute atomic E-state index is 10.6. The fourth-order valence-electron chi connectivity index (χ4n) is 1.11. The SMILES string of the molecule is Nc1occ(C=O)c1-c1cnoc1. The lowest BCUT2D eigenvalue weighted by molar-refractivity contribution is 0.112. The molecule has 66 valence electrons. The van der Waals surface area contributed by atoms with E-state index in [0.29, 0.717) is 23.0 Å². The van der Waals surface area contributed by atoms with Crippen LogP contribution in [-0.4, -0.2) is 11.4 Å². The van der Waals surface area contributed by atoms with Crippen LogP contribution in [0.2, 0.25) is 0 Å². The van der Waals surface area contributed by atoms with Crippen molar-refractivity contribution in [3.05, 3.63) is 24.3 Å². The van der Waals surface area contributed by atoms with E-state index in [2.05, 4.69) is 9.68 Å². The van der Waals surface area contributed by atoms with Crippen LogP contribution in [0, 0.1) is 0 Å². The third-order valence-electron chi connectivity index (χ3n) is 1.70. The quantitative estimate of drug-likeness (QED) is 0.701. The molecule has 2 aromatic heterocycles. The molecular formula is C8H6N2O3. The van der Waals surface area contributed by atoms with E-state index in [-0.39, 0.29) is 5.88 Å². The standard InChI is InChI=1S/C8H6N2O3/c9-8-7(5-1-10-13-4-5)6(2-11)3-12-8/h1-4H,9H2. The van der Waals surface area contributed by atoms with Crippen molar-refractivity contribution in [1.82, 2.24) is 5.16 Å². The maximum atomic E-state index is 10.6. The number of aldehydes is 1. The summed E-state index contributed by atoms with van der Waals surface area (Å²) in [6.07, 6.45) is 4.83. The molecule has 13 heavy (non-hydrogen) atoms. The fourth-order valence-corrected chi connectivity index (χ4v) is 1.11. The molecule has 0 aliphatic carbocycles. The number of hydrogen-bond donors (Lipinski definition) is 1. The van der Waals surface area contributed by atoms with Crippen LogP contribution in [0.5, 0.6) is 0 Å². The monoisotopic (exact) mass is 178 g/mol. The first-order valence-corrected chi connectivity index (χ1v) is 3.55. The molecule has 5 heteroatoms. The number of anilines is 1. The van der Waals surface area contributed by atoms with Crippen molar-refractivity contribution in [2.45, 2.75) is 0 Å². The Balaban J connectivity index is 2.62. The van der Waals surface area contributed by atoms with Crippen molar-refractivity contribution in [3.63, 3.8) is 0 Å². The van der Waals surface area contributed by atoms with Gasteiger partial charge in [-0.15, -0.1) is 0 Å². The van der Waals surface area contributed by atoms with Crippen LogP contribution in [0.1, 0.15) is 10.4 Å². The van der Waals surface area contributed by atoms with Gasteiger partial charge in [0.15, 0.2) is 12.2 Å². The summed E-state index contributed by atoms with van der Waals surface area (Å²) in [6, 6.07) is 0. The number of nitrogen functional groups attached to an aromatic ring is 1. The van der Waals surface area contributed by atoms with Gasteiger partial charge in [0.05, 0.1) is 17.3 Å². The summed E-state index contributed by atoms with van der Waals surface area (Å²) in [5, 5.41) is 3.51. The molecule has 2 rings (SSSR count). The summed E-state index contributed by atoms with van der Waals surface area (Å²) in [5.41, 5.74) is 7.06. The molecule has 0 aromatic carbocycles. The Morgan fingerprint density at radius 1 is 1.46 bits per heavy atom. The van der Waals surface area contributed by atoms with Crippen LogP contribution in [0.4, 0.5) is 5.88 Å². The van der Waals surface area contributed by atoms with Crippen LogP contribution in [0.15, 0.2) is 27.7 Å². The Morgan fingerprint density at radius 2 is 2.31 bits per heavy atom.